The van der Waals surface area contributed by atoms with E-state index < -0.39 is 12.0 Å². The Morgan fingerprint density at radius 1 is 1.17 bits per heavy atom. The molecule has 1 atom stereocenters. The average Bonchev–Trinajstić information content (AvgIpc) is 3.06. The summed E-state index contributed by atoms with van der Waals surface area (Å²) in [6, 6.07) is 10.6. The molecule has 1 unspecified atom stereocenters. The van der Waals surface area contributed by atoms with Gasteiger partial charge >= 0.3 is 5.97 Å². The molecule has 0 aromatic heterocycles. The Bertz CT molecular complexity index is 789. The summed E-state index contributed by atoms with van der Waals surface area (Å²) in [5, 5.41) is 24.0. The van der Waals surface area contributed by atoms with Crippen LogP contribution < -0.4 is 20.5 Å². The predicted octanol–water partition coefficient (Wildman–Crippen LogP) is 1.75. The van der Waals surface area contributed by atoms with Gasteiger partial charge in [-0.2, -0.15) is 0 Å². The maximum absolute atomic E-state index is 11.6. The van der Waals surface area contributed by atoms with Crippen LogP contribution >= 0.6 is 0 Å². The van der Waals surface area contributed by atoms with Crippen LogP contribution in [0, 0.1) is 0 Å². The molecule has 3 rings (SSSR count). The number of rotatable bonds is 5. The molecule has 8 heteroatoms. The minimum Gasteiger partial charge on any atom is -0.479 e. The van der Waals surface area contributed by atoms with E-state index in [1.54, 1.807) is 42.5 Å². The molecule has 124 valence electrons. The first kappa shape index (κ1) is 15.5. The van der Waals surface area contributed by atoms with E-state index in [9.17, 15) is 9.90 Å². The molecule has 1 aliphatic rings. The van der Waals surface area contributed by atoms with Gasteiger partial charge in [0.1, 0.15) is 0 Å². The highest BCUT2D eigenvalue weighted by atomic mass is 16.7. The van der Waals surface area contributed by atoms with Gasteiger partial charge in [-0.25, -0.2) is 4.79 Å². The van der Waals surface area contributed by atoms with Crippen molar-refractivity contribution in [2.75, 3.05) is 12.1 Å². The molecule has 5 N–H and O–H groups in total. The van der Waals surface area contributed by atoms with Crippen molar-refractivity contribution < 1.29 is 24.6 Å². The molecule has 2 aromatic rings. The first-order chi connectivity index (χ1) is 11.6. The van der Waals surface area contributed by atoms with Gasteiger partial charge in [0.2, 0.25) is 6.79 Å². The van der Waals surface area contributed by atoms with Gasteiger partial charge in [0.05, 0.1) is 0 Å². The highest BCUT2D eigenvalue weighted by molar-refractivity contribution is 5.97. The van der Waals surface area contributed by atoms with Gasteiger partial charge in [0, 0.05) is 11.3 Å². The second-order valence-electron chi connectivity index (χ2n) is 5.09. The SMILES string of the molecule is N/C(=N/O)c1ccc(NC(C(=O)O)c2ccc3c(c2)OCO3)cc1. The minimum absolute atomic E-state index is 0.0212. The fraction of sp³-hybridized carbons (Fsp3) is 0.125. The molecule has 0 radical (unpaired) electrons. The lowest BCUT2D eigenvalue weighted by atomic mass is 10.1. The maximum Gasteiger partial charge on any atom is 0.330 e. The van der Waals surface area contributed by atoms with Crippen molar-refractivity contribution in [3.8, 4) is 11.5 Å². The van der Waals surface area contributed by atoms with Crippen LogP contribution in [0.1, 0.15) is 17.2 Å². The molecular weight excluding hydrogens is 314 g/mol. The van der Waals surface area contributed by atoms with E-state index in [1.165, 1.54) is 0 Å². The van der Waals surface area contributed by atoms with E-state index >= 15 is 0 Å². The zero-order valence-corrected chi connectivity index (χ0v) is 12.5. The number of anilines is 1. The van der Waals surface area contributed by atoms with E-state index in [0.29, 0.717) is 28.3 Å². The number of aliphatic carboxylic acids is 1. The number of nitrogens with one attached hydrogen (secondary N) is 1. The van der Waals surface area contributed by atoms with Gasteiger partial charge in [-0.05, 0) is 42.0 Å². The number of fused-ring (bicyclic) bond motifs is 1. The molecule has 0 fully saturated rings. The molecule has 1 heterocycles. The second-order valence-corrected chi connectivity index (χ2v) is 5.09. The van der Waals surface area contributed by atoms with Crippen LogP contribution in [0.3, 0.4) is 0 Å². The van der Waals surface area contributed by atoms with Crippen LogP contribution in [0.5, 0.6) is 11.5 Å². The smallest absolute Gasteiger partial charge is 0.330 e. The number of ether oxygens (including phenoxy) is 2. The number of benzene rings is 2. The number of oxime groups is 1. The standard InChI is InChI=1S/C16H15N3O5/c17-15(19-22)9-1-4-11(5-2-9)18-14(16(20)21)10-3-6-12-13(7-10)24-8-23-12/h1-7,14,18,22H,8H2,(H2,17,19)(H,20,21). The van der Waals surface area contributed by atoms with E-state index in [2.05, 4.69) is 10.5 Å². The monoisotopic (exact) mass is 329 g/mol. The number of carboxylic acids is 1. The third kappa shape index (κ3) is 3.02. The molecule has 2 aromatic carbocycles. The zero-order valence-electron chi connectivity index (χ0n) is 12.5. The number of nitrogens with zero attached hydrogens (tertiary/aromatic N) is 1. The maximum atomic E-state index is 11.6. The molecule has 8 nitrogen and oxygen atoms in total. The molecule has 24 heavy (non-hydrogen) atoms. The van der Waals surface area contributed by atoms with Crippen LogP contribution in [0.15, 0.2) is 47.6 Å². The lowest BCUT2D eigenvalue weighted by Gasteiger charge is -2.17. The largest absolute Gasteiger partial charge is 0.479 e. The zero-order chi connectivity index (χ0) is 17.1. The molecular formula is C16H15N3O5. The Morgan fingerprint density at radius 2 is 1.88 bits per heavy atom. The Hall–Kier alpha value is -3.42. The lowest BCUT2D eigenvalue weighted by molar-refractivity contribution is -0.138. The van der Waals surface area contributed by atoms with Gasteiger partial charge in [-0.1, -0.05) is 11.2 Å². The van der Waals surface area contributed by atoms with Crippen molar-refractivity contribution in [3.05, 3.63) is 53.6 Å². The molecule has 0 aliphatic carbocycles. The Labute approximate surface area is 137 Å². The quantitative estimate of drug-likeness (QED) is 0.285. The molecule has 0 bridgehead atoms. The fourth-order valence-corrected chi connectivity index (χ4v) is 2.34. The average molecular weight is 329 g/mol. The highest BCUT2D eigenvalue weighted by Gasteiger charge is 2.23. The van der Waals surface area contributed by atoms with Crippen molar-refractivity contribution in [2.24, 2.45) is 10.9 Å². The summed E-state index contributed by atoms with van der Waals surface area (Å²) in [5.74, 6) is 0.0512. The van der Waals surface area contributed by atoms with Crippen LogP contribution in [0.2, 0.25) is 0 Å². The Balaban J connectivity index is 1.83. The topological polar surface area (TPSA) is 126 Å². The summed E-state index contributed by atoms with van der Waals surface area (Å²) < 4.78 is 10.5. The summed E-state index contributed by atoms with van der Waals surface area (Å²) in [6.45, 7) is 0.124. The lowest BCUT2D eigenvalue weighted by Crippen LogP contribution is -2.20. The second kappa shape index (κ2) is 6.37. The first-order valence-electron chi connectivity index (χ1n) is 7.05. The van der Waals surface area contributed by atoms with Gasteiger partial charge in [-0.15, -0.1) is 0 Å². The summed E-state index contributed by atoms with van der Waals surface area (Å²) in [7, 11) is 0. The number of nitrogens with two attached hydrogens (primary N) is 1. The number of hydrogen-bond donors (Lipinski definition) is 4. The summed E-state index contributed by atoms with van der Waals surface area (Å²) >= 11 is 0. The molecule has 0 amide bonds. The molecule has 0 saturated carbocycles. The number of carbonyl (C=O) groups is 1. The number of carboxylic acid groups (broad SMARTS) is 1. The van der Waals surface area contributed by atoms with Crippen molar-refractivity contribution >= 4 is 17.5 Å². The van der Waals surface area contributed by atoms with Crippen LogP contribution in [-0.2, 0) is 4.79 Å². The van der Waals surface area contributed by atoms with Crippen molar-refractivity contribution in [3.63, 3.8) is 0 Å². The van der Waals surface area contributed by atoms with Gasteiger partial charge in [-0.3, -0.25) is 0 Å². The molecule has 0 spiro atoms. The Kier molecular flexibility index (Phi) is 4.11. The summed E-state index contributed by atoms with van der Waals surface area (Å²) in [5.41, 5.74) is 7.14. The summed E-state index contributed by atoms with van der Waals surface area (Å²) in [4.78, 5) is 11.6. The van der Waals surface area contributed by atoms with Crippen molar-refractivity contribution in [2.45, 2.75) is 6.04 Å². The van der Waals surface area contributed by atoms with Gasteiger partial charge in [0.15, 0.2) is 23.4 Å². The van der Waals surface area contributed by atoms with Crippen LogP contribution in [0.4, 0.5) is 5.69 Å². The van der Waals surface area contributed by atoms with E-state index in [4.69, 9.17) is 20.4 Å². The highest BCUT2D eigenvalue weighted by Crippen LogP contribution is 2.35. The predicted molar refractivity (Wildman–Crippen MR) is 85.5 cm³/mol. The van der Waals surface area contributed by atoms with E-state index in [0.717, 1.165) is 0 Å². The van der Waals surface area contributed by atoms with Gasteiger partial charge < -0.3 is 30.8 Å². The number of hydrogen-bond acceptors (Lipinski definition) is 6. The first-order valence-corrected chi connectivity index (χ1v) is 7.05. The third-order valence-corrected chi connectivity index (χ3v) is 3.58. The van der Waals surface area contributed by atoms with Crippen LogP contribution in [-0.4, -0.2) is 28.9 Å². The Morgan fingerprint density at radius 3 is 2.54 bits per heavy atom. The van der Waals surface area contributed by atoms with E-state index in [1.807, 2.05) is 0 Å². The fourth-order valence-electron chi connectivity index (χ4n) is 2.34. The van der Waals surface area contributed by atoms with Crippen LogP contribution in [0.25, 0.3) is 0 Å². The van der Waals surface area contributed by atoms with Crippen molar-refractivity contribution in [1.82, 2.24) is 0 Å². The minimum atomic E-state index is -1.03. The molecule has 0 saturated heterocycles. The van der Waals surface area contributed by atoms with E-state index in [-0.39, 0.29) is 12.6 Å². The number of amidine groups is 1. The van der Waals surface area contributed by atoms with Gasteiger partial charge in [0.25, 0.3) is 0 Å². The summed E-state index contributed by atoms with van der Waals surface area (Å²) in [6.07, 6.45) is 0. The third-order valence-electron chi connectivity index (χ3n) is 3.58. The molecule has 1 aliphatic heterocycles. The van der Waals surface area contributed by atoms with Crippen molar-refractivity contribution in [1.29, 1.82) is 0 Å². The normalized spacial score (nSPS) is 14.2.